The van der Waals surface area contributed by atoms with Gasteiger partial charge in [0.2, 0.25) is 5.91 Å². The zero-order valence-electron chi connectivity index (χ0n) is 9.87. The third kappa shape index (κ3) is 6.64. The number of carbonyl (C=O) groups is 2. The highest BCUT2D eigenvalue weighted by atomic mass is 19.4. The normalized spacial score (nSPS) is 10.9. The van der Waals surface area contributed by atoms with Crippen molar-refractivity contribution in [1.82, 2.24) is 9.80 Å². The van der Waals surface area contributed by atoms with Gasteiger partial charge >= 0.3 is 12.3 Å². The smallest absolute Gasteiger partial charge is 0.410 e. The molecule has 0 fully saturated rings. The van der Waals surface area contributed by atoms with Crippen LogP contribution >= 0.6 is 0 Å². The van der Waals surface area contributed by atoms with Crippen molar-refractivity contribution in [2.24, 2.45) is 0 Å². The van der Waals surface area contributed by atoms with Gasteiger partial charge in [0.25, 0.3) is 0 Å². The SMILES string of the molecule is CCOC(=O)N(CC(=O)N(C)C)CC(F)(F)F. The van der Waals surface area contributed by atoms with Crippen LogP contribution in [0.5, 0.6) is 0 Å². The fourth-order valence-corrected chi connectivity index (χ4v) is 0.921. The summed E-state index contributed by atoms with van der Waals surface area (Å²) < 4.78 is 41.0. The molecular formula is C9H15F3N2O3. The topological polar surface area (TPSA) is 49.9 Å². The summed E-state index contributed by atoms with van der Waals surface area (Å²) in [4.78, 5) is 23.9. The Hall–Kier alpha value is -1.47. The van der Waals surface area contributed by atoms with Gasteiger partial charge in [0.05, 0.1) is 6.61 Å². The predicted octanol–water partition coefficient (Wildman–Crippen LogP) is 1.10. The third-order valence-electron chi connectivity index (χ3n) is 1.72. The van der Waals surface area contributed by atoms with Crippen LogP contribution in [0, 0.1) is 0 Å². The van der Waals surface area contributed by atoms with E-state index in [1.165, 1.54) is 21.0 Å². The lowest BCUT2D eigenvalue weighted by molar-refractivity contribution is -0.147. The van der Waals surface area contributed by atoms with Gasteiger partial charge in [-0.25, -0.2) is 4.79 Å². The molecule has 0 rings (SSSR count). The van der Waals surface area contributed by atoms with E-state index in [0.717, 1.165) is 4.90 Å². The summed E-state index contributed by atoms with van der Waals surface area (Å²) >= 11 is 0. The number of hydrogen-bond acceptors (Lipinski definition) is 3. The molecule has 5 nitrogen and oxygen atoms in total. The van der Waals surface area contributed by atoms with E-state index in [0.29, 0.717) is 4.90 Å². The van der Waals surface area contributed by atoms with Crippen molar-refractivity contribution in [3.8, 4) is 0 Å². The highest BCUT2D eigenvalue weighted by molar-refractivity contribution is 5.81. The minimum atomic E-state index is -4.57. The van der Waals surface area contributed by atoms with Crippen LogP contribution in [-0.4, -0.2) is 61.8 Å². The Balaban J connectivity index is 4.62. The number of likely N-dealkylation sites (N-methyl/N-ethyl adjacent to an activating group) is 1. The molecule has 0 aliphatic carbocycles. The van der Waals surface area contributed by atoms with E-state index in [1.807, 2.05) is 0 Å². The van der Waals surface area contributed by atoms with Crippen LogP contribution in [0.1, 0.15) is 6.92 Å². The molecule has 0 aliphatic heterocycles. The number of carbonyl (C=O) groups excluding carboxylic acids is 2. The molecule has 8 heteroatoms. The first kappa shape index (κ1) is 15.5. The van der Waals surface area contributed by atoms with E-state index < -0.39 is 31.3 Å². The Morgan fingerprint density at radius 3 is 2.12 bits per heavy atom. The van der Waals surface area contributed by atoms with Crippen LogP contribution in [-0.2, 0) is 9.53 Å². The molecule has 0 saturated heterocycles. The first-order valence-electron chi connectivity index (χ1n) is 4.86. The number of alkyl halides is 3. The molecular weight excluding hydrogens is 241 g/mol. The molecule has 0 atom stereocenters. The van der Waals surface area contributed by atoms with Gasteiger partial charge in [-0.15, -0.1) is 0 Å². The number of rotatable bonds is 4. The van der Waals surface area contributed by atoms with Gasteiger partial charge in [-0.05, 0) is 6.92 Å². The standard InChI is InChI=1S/C9H15F3N2O3/c1-4-17-8(16)14(6-9(10,11)12)5-7(15)13(2)3/h4-6H2,1-3H3. The summed E-state index contributed by atoms with van der Waals surface area (Å²) in [5, 5.41) is 0. The first-order valence-corrected chi connectivity index (χ1v) is 4.86. The van der Waals surface area contributed by atoms with Crippen LogP contribution in [0.25, 0.3) is 0 Å². The van der Waals surface area contributed by atoms with Gasteiger partial charge < -0.3 is 9.64 Å². The molecule has 0 aromatic carbocycles. The molecule has 0 N–H and O–H groups in total. The summed E-state index contributed by atoms with van der Waals surface area (Å²) in [6.45, 7) is -0.752. The molecule has 0 unspecified atom stereocenters. The van der Waals surface area contributed by atoms with Crippen LogP contribution in [0.4, 0.5) is 18.0 Å². The van der Waals surface area contributed by atoms with Gasteiger partial charge in [-0.1, -0.05) is 0 Å². The van der Waals surface area contributed by atoms with E-state index in [9.17, 15) is 22.8 Å². The molecule has 100 valence electrons. The molecule has 0 aromatic heterocycles. The van der Waals surface area contributed by atoms with Gasteiger partial charge in [-0.2, -0.15) is 13.2 Å². The van der Waals surface area contributed by atoms with Gasteiger partial charge in [0.1, 0.15) is 13.1 Å². The Labute approximate surface area is 97.1 Å². The number of ether oxygens (including phenoxy) is 1. The first-order chi connectivity index (χ1) is 7.67. The number of hydrogen-bond donors (Lipinski definition) is 0. The van der Waals surface area contributed by atoms with Crippen LogP contribution < -0.4 is 0 Å². The van der Waals surface area contributed by atoms with Crippen molar-refractivity contribution in [2.75, 3.05) is 33.8 Å². The van der Waals surface area contributed by atoms with Crippen molar-refractivity contribution in [1.29, 1.82) is 0 Å². The van der Waals surface area contributed by atoms with Crippen LogP contribution in [0.2, 0.25) is 0 Å². The lowest BCUT2D eigenvalue weighted by Gasteiger charge is -2.23. The third-order valence-corrected chi connectivity index (χ3v) is 1.72. The Morgan fingerprint density at radius 2 is 1.76 bits per heavy atom. The Kier molecular flexibility index (Phi) is 5.77. The fraction of sp³-hybridized carbons (Fsp3) is 0.778. The van der Waals surface area contributed by atoms with Gasteiger partial charge in [-0.3, -0.25) is 9.69 Å². The number of halogens is 3. The maximum atomic E-state index is 12.2. The lowest BCUT2D eigenvalue weighted by atomic mass is 10.4. The zero-order chi connectivity index (χ0) is 13.6. The lowest BCUT2D eigenvalue weighted by Crippen LogP contribution is -2.45. The van der Waals surface area contributed by atoms with E-state index >= 15 is 0 Å². The Bertz CT molecular complexity index is 279. The van der Waals surface area contributed by atoms with Gasteiger partial charge in [0.15, 0.2) is 0 Å². The van der Waals surface area contributed by atoms with E-state index in [4.69, 9.17) is 0 Å². The summed E-state index contributed by atoms with van der Waals surface area (Å²) in [6, 6.07) is 0. The fourth-order valence-electron chi connectivity index (χ4n) is 0.921. The largest absolute Gasteiger partial charge is 0.450 e. The second-order valence-electron chi connectivity index (χ2n) is 3.46. The number of nitrogens with zero attached hydrogens (tertiary/aromatic N) is 2. The second-order valence-corrected chi connectivity index (χ2v) is 3.46. The zero-order valence-corrected chi connectivity index (χ0v) is 9.87. The maximum absolute atomic E-state index is 12.2. The quantitative estimate of drug-likeness (QED) is 0.756. The van der Waals surface area contributed by atoms with Crippen molar-refractivity contribution in [3.05, 3.63) is 0 Å². The average Bonchev–Trinajstić information content (AvgIpc) is 2.14. The summed E-state index contributed by atoms with van der Waals surface area (Å²) in [5.74, 6) is -0.609. The van der Waals surface area contributed by atoms with E-state index in [-0.39, 0.29) is 6.61 Å². The maximum Gasteiger partial charge on any atom is 0.410 e. The predicted molar refractivity (Wildman–Crippen MR) is 53.3 cm³/mol. The molecule has 0 spiro atoms. The molecule has 0 radical (unpaired) electrons. The highest BCUT2D eigenvalue weighted by Crippen LogP contribution is 2.17. The van der Waals surface area contributed by atoms with Gasteiger partial charge in [0, 0.05) is 14.1 Å². The van der Waals surface area contributed by atoms with Crippen molar-refractivity contribution >= 4 is 12.0 Å². The van der Waals surface area contributed by atoms with Crippen molar-refractivity contribution in [3.63, 3.8) is 0 Å². The number of amides is 2. The molecule has 0 heterocycles. The molecule has 0 aliphatic rings. The van der Waals surface area contributed by atoms with E-state index in [2.05, 4.69) is 4.74 Å². The van der Waals surface area contributed by atoms with Crippen LogP contribution in [0.15, 0.2) is 0 Å². The minimum Gasteiger partial charge on any atom is -0.450 e. The van der Waals surface area contributed by atoms with Crippen molar-refractivity contribution < 1.29 is 27.5 Å². The molecule has 0 bridgehead atoms. The summed E-state index contributed by atoms with van der Waals surface area (Å²) in [5.41, 5.74) is 0. The van der Waals surface area contributed by atoms with Crippen LogP contribution in [0.3, 0.4) is 0 Å². The highest BCUT2D eigenvalue weighted by Gasteiger charge is 2.34. The summed E-state index contributed by atoms with van der Waals surface area (Å²) in [7, 11) is 2.78. The molecule has 0 aromatic rings. The monoisotopic (exact) mass is 256 g/mol. The minimum absolute atomic E-state index is 0.0522. The molecule has 0 saturated carbocycles. The summed E-state index contributed by atoms with van der Waals surface area (Å²) in [6.07, 6.45) is -5.72. The van der Waals surface area contributed by atoms with Crippen molar-refractivity contribution in [2.45, 2.75) is 13.1 Å². The Morgan fingerprint density at radius 1 is 1.24 bits per heavy atom. The molecule has 2 amide bonds. The average molecular weight is 256 g/mol. The van der Waals surface area contributed by atoms with E-state index in [1.54, 1.807) is 0 Å². The molecule has 17 heavy (non-hydrogen) atoms. The second kappa shape index (κ2) is 6.31.